The van der Waals surface area contributed by atoms with Crippen molar-refractivity contribution in [1.82, 2.24) is 5.43 Å². The molecule has 0 unspecified atom stereocenters. The molecule has 5 heteroatoms. The number of benzene rings is 2. The van der Waals surface area contributed by atoms with Crippen molar-refractivity contribution in [3.63, 3.8) is 0 Å². The summed E-state index contributed by atoms with van der Waals surface area (Å²) in [5.74, 6) is -0.275. The largest absolute Gasteiger partial charge is 0.331 e. The molecular weight excluding hydrogens is 297 g/mol. The lowest BCUT2D eigenvalue weighted by Gasteiger charge is -2.17. The average Bonchev–Trinajstić information content (AvgIpc) is 2.55. The summed E-state index contributed by atoms with van der Waals surface area (Å²) in [4.78, 5) is 0. The van der Waals surface area contributed by atoms with Crippen molar-refractivity contribution < 1.29 is 4.39 Å². The van der Waals surface area contributed by atoms with Crippen LogP contribution >= 0.6 is 12.2 Å². The number of nitrogens with zero attached hydrogens (tertiary/aromatic N) is 1. The van der Waals surface area contributed by atoms with Crippen LogP contribution in [0.1, 0.15) is 24.0 Å². The van der Waals surface area contributed by atoms with Gasteiger partial charge in [-0.3, -0.25) is 5.43 Å². The van der Waals surface area contributed by atoms with Crippen LogP contribution < -0.4 is 10.7 Å². The van der Waals surface area contributed by atoms with Gasteiger partial charge in [0.15, 0.2) is 5.11 Å². The number of rotatable bonds is 2. The van der Waals surface area contributed by atoms with Crippen molar-refractivity contribution in [3.8, 4) is 0 Å². The van der Waals surface area contributed by atoms with E-state index in [1.807, 2.05) is 6.07 Å². The number of anilines is 1. The normalized spacial score (nSPS) is 15.2. The molecule has 0 bridgehead atoms. The van der Waals surface area contributed by atoms with E-state index in [0.29, 0.717) is 5.11 Å². The van der Waals surface area contributed by atoms with Crippen LogP contribution in [0.25, 0.3) is 0 Å². The highest BCUT2D eigenvalue weighted by molar-refractivity contribution is 7.80. The zero-order chi connectivity index (χ0) is 15.4. The molecule has 0 atom stereocenters. The molecule has 1 aliphatic rings. The summed E-state index contributed by atoms with van der Waals surface area (Å²) in [5, 5.41) is 7.80. The van der Waals surface area contributed by atoms with Gasteiger partial charge in [0.25, 0.3) is 0 Å². The van der Waals surface area contributed by atoms with Crippen molar-refractivity contribution in [2.75, 3.05) is 5.32 Å². The molecule has 2 aromatic rings. The summed E-state index contributed by atoms with van der Waals surface area (Å²) in [6.07, 6.45) is 3.12. The van der Waals surface area contributed by atoms with E-state index in [4.69, 9.17) is 12.2 Å². The summed E-state index contributed by atoms with van der Waals surface area (Å²) in [6.45, 7) is 0. The fourth-order valence-corrected chi connectivity index (χ4v) is 2.69. The fraction of sp³-hybridized carbons (Fsp3) is 0.176. The molecule has 0 aromatic heterocycles. The van der Waals surface area contributed by atoms with Gasteiger partial charge in [0.1, 0.15) is 5.82 Å². The highest BCUT2D eigenvalue weighted by atomic mass is 32.1. The Morgan fingerprint density at radius 3 is 2.64 bits per heavy atom. The Balaban J connectivity index is 1.67. The van der Waals surface area contributed by atoms with Crippen LogP contribution in [-0.4, -0.2) is 10.8 Å². The third kappa shape index (κ3) is 3.49. The lowest BCUT2D eigenvalue weighted by Crippen LogP contribution is -2.26. The Morgan fingerprint density at radius 2 is 1.82 bits per heavy atom. The molecule has 0 radical (unpaired) electrons. The molecule has 0 fully saturated rings. The molecule has 2 N–H and O–H groups in total. The number of hydrogen-bond acceptors (Lipinski definition) is 2. The minimum Gasteiger partial charge on any atom is -0.331 e. The van der Waals surface area contributed by atoms with E-state index in [-0.39, 0.29) is 5.82 Å². The van der Waals surface area contributed by atoms with Gasteiger partial charge < -0.3 is 5.32 Å². The van der Waals surface area contributed by atoms with E-state index >= 15 is 0 Å². The monoisotopic (exact) mass is 313 g/mol. The summed E-state index contributed by atoms with van der Waals surface area (Å²) in [7, 11) is 0. The maximum atomic E-state index is 12.9. The molecule has 0 spiro atoms. The van der Waals surface area contributed by atoms with Gasteiger partial charge in [-0.05, 0) is 61.3 Å². The molecule has 0 saturated carbocycles. The zero-order valence-electron chi connectivity index (χ0n) is 12.0. The third-order valence-electron chi connectivity index (χ3n) is 3.58. The first-order valence-electron chi connectivity index (χ1n) is 7.20. The standard InChI is InChI=1S/C17H16FN3S/c18-13-8-10-14(11-9-13)19-17(22)21-20-16-7-3-5-12-4-1-2-6-15(12)16/h1-2,4,6,8-11H,3,5,7H2,(H2,19,21,22). The van der Waals surface area contributed by atoms with Crippen LogP contribution in [0.2, 0.25) is 0 Å². The first-order chi connectivity index (χ1) is 10.7. The predicted molar refractivity (Wildman–Crippen MR) is 91.7 cm³/mol. The molecule has 3 nitrogen and oxygen atoms in total. The molecule has 2 aromatic carbocycles. The summed E-state index contributed by atoms with van der Waals surface area (Å²) in [5.41, 5.74) is 7.13. The van der Waals surface area contributed by atoms with Crippen molar-refractivity contribution in [2.24, 2.45) is 5.10 Å². The van der Waals surface area contributed by atoms with Crippen molar-refractivity contribution in [2.45, 2.75) is 19.3 Å². The third-order valence-corrected chi connectivity index (χ3v) is 3.78. The fourth-order valence-electron chi connectivity index (χ4n) is 2.53. The quantitative estimate of drug-likeness (QED) is 0.653. The van der Waals surface area contributed by atoms with Gasteiger partial charge in [0.2, 0.25) is 0 Å². The number of aryl methyl sites for hydroxylation is 1. The maximum Gasteiger partial charge on any atom is 0.191 e. The van der Waals surface area contributed by atoms with Gasteiger partial charge in [-0.15, -0.1) is 0 Å². The Morgan fingerprint density at radius 1 is 1.05 bits per heavy atom. The number of halogens is 1. The number of hydrogen-bond donors (Lipinski definition) is 2. The molecule has 3 rings (SSSR count). The van der Waals surface area contributed by atoms with E-state index in [0.717, 1.165) is 30.7 Å². The van der Waals surface area contributed by atoms with Gasteiger partial charge in [-0.1, -0.05) is 24.3 Å². The highest BCUT2D eigenvalue weighted by Crippen LogP contribution is 2.21. The molecule has 112 valence electrons. The lowest BCUT2D eigenvalue weighted by molar-refractivity contribution is 0.628. The smallest absolute Gasteiger partial charge is 0.191 e. The van der Waals surface area contributed by atoms with E-state index in [9.17, 15) is 4.39 Å². The van der Waals surface area contributed by atoms with Crippen LogP contribution in [-0.2, 0) is 6.42 Å². The molecule has 22 heavy (non-hydrogen) atoms. The summed E-state index contributed by atoms with van der Waals surface area (Å²) >= 11 is 5.21. The Labute approximate surface area is 134 Å². The second-order valence-electron chi connectivity index (χ2n) is 5.14. The van der Waals surface area contributed by atoms with Gasteiger partial charge in [0.05, 0.1) is 5.71 Å². The van der Waals surface area contributed by atoms with Gasteiger partial charge in [0, 0.05) is 11.3 Å². The topological polar surface area (TPSA) is 36.4 Å². The first kappa shape index (κ1) is 14.7. The zero-order valence-corrected chi connectivity index (χ0v) is 12.8. The van der Waals surface area contributed by atoms with E-state index in [1.165, 1.54) is 23.3 Å². The van der Waals surface area contributed by atoms with Gasteiger partial charge >= 0.3 is 0 Å². The minimum absolute atomic E-state index is 0.275. The van der Waals surface area contributed by atoms with Crippen LogP contribution in [0.5, 0.6) is 0 Å². The minimum atomic E-state index is -0.275. The highest BCUT2D eigenvalue weighted by Gasteiger charge is 2.14. The maximum absolute atomic E-state index is 12.9. The van der Waals surface area contributed by atoms with Crippen molar-refractivity contribution in [3.05, 3.63) is 65.5 Å². The molecule has 0 saturated heterocycles. The predicted octanol–water partition coefficient (Wildman–Crippen LogP) is 3.85. The van der Waals surface area contributed by atoms with Crippen molar-refractivity contribution in [1.29, 1.82) is 0 Å². The number of fused-ring (bicyclic) bond motifs is 1. The van der Waals surface area contributed by atoms with Crippen LogP contribution in [0.15, 0.2) is 53.6 Å². The Bertz CT molecular complexity index is 710. The lowest BCUT2D eigenvalue weighted by atomic mass is 9.90. The Hall–Kier alpha value is -2.27. The van der Waals surface area contributed by atoms with Crippen LogP contribution in [0, 0.1) is 5.82 Å². The number of nitrogens with one attached hydrogen (secondary N) is 2. The molecule has 1 aliphatic carbocycles. The Kier molecular flexibility index (Phi) is 4.44. The van der Waals surface area contributed by atoms with Crippen LogP contribution in [0.3, 0.4) is 0 Å². The van der Waals surface area contributed by atoms with Crippen molar-refractivity contribution >= 4 is 28.7 Å². The number of hydrazone groups is 1. The molecule has 0 heterocycles. The summed E-state index contributed by atoms with van der Waals surface area (Å²) in [6, 6.07) is 14.3. The molecule has 0 amide bonds. The second kappa shape index (κ2) is 6.66. The van der Waals surface area contributed by atoms with E-state index in [1.54, 1.807) is 12.1 Å². The first-order valence-corrected chi connectivity index (χ1v) is 7.60. The SMILES string of the molecule is Fc1ccc(NC(=S)NN=C2CCCc3ccccc32)cc1. The van der Waals surface area contributed by atoms with Gasteiger partial charge in [-0.2, -0.15) is 5.10 Å². The second-order valence-corrected chi connectivity index (χ2v) is 5.55. The molecular formula is C17H16FN3S. The molecule has 0 aliphatic heterocycles. The average molecular weight is 313 g/mol. The van der Waals surface area contributed by atoms with E-state index < -0.39 is 0 Å². The van der Waals surface area contributed by atoms with Gasteiger partial charge in [-0.25, -0.2) is 4.39 Å². The number of thiocarbonyl (C=S) groups is 1. The van der Waals surface area contributed by atoms with E-state index in [2.05, 4.69) is 34.0 Å². The summed E-state index contributed by atoms with van der Waals surface area (Å²) < 4.78 is 12.9. The van der Waals surface area contributed by atoms with Crippen LogP contribution in [0.4, 0.5) is 10.1 Å².